The van der Waals surface area contributed by atoms with Crippen molar-refractivity contribution in [3.05, 3.63) is 148 Å². The number of ether oxygens (including phenoxy) is 3. The van der Waals surface area contributed by atoms with Crippen molar-refractivity contribution >= 4 is 31.8 Å². The van der Waals surface area contributed by atoms with Crippen LogP contribution in [0.3, 0.4) is 0 Å². The fourth-order valence-electron chi connectivity index (χ4n) is 5.51. The van der Waals surface area contributed by atoms with E-state index in [1.807, 2.05) is 0 Å². The molecular weight excluding hydrogens is 727 g/mol. The Balaban J connectivity index is 1.16. The second kappa shape index (κ2) is 14.0. The van der Waals surface area contributed by atoms with Crippen LogP contribution in [-0.2, 0) is 59.2 Å². The number of Topliss-reactive ketones (excluding diaryl/α,β-unsaturated/α-hetero) is 2. The van der Waals surface area contributed by atoms with Gasteiger partial charge < -0.3 is 34.0 Å². The number of methoxy groups -OCH3 is 1. The third-order valence-corrected chi connectivity index (χ3v) is 9.99. The second-order valence-electron chi connectivity index (χ2n) is 11.5. The molecule has 13 nitrogen and oxygen atoms in total. The largest absolute Gasteiger partial charge is 0.496 e. The van der Waals surface area contributed by atoms with Gasteiger partial charge in [0.2, 0.25) is 34.9 Å². The van der Waals surface area contributed by atoms with Crippen LogP contribution >= 0.6 is 0 Å². The minimum Gasteiger partial charge on any atom is -0.496 e. The Hall–Kier alpha value is -5.94. The summed E-state index contributed by atoms with van der Waals surface area (Å²) in [5, 5.41) is 0. The number of rotatable bonds is 12. The lowest BCUT2D eigenvalue weighted by atomic mass is 9.98. The molecule has 2 aliphatic heterocycles. The van der Waals surface area contributed by atoms with Gasteiger partial charge in [-0.25, -0.2) is 8.78 Å². The number of carbonyl (C=O) groups is 2. The molecular formula is C35H28F2N2O11S2. The van der Waals surface area contributed by atoms with E-state index < -0.39 is 90.4 Å². The Morgan fingerprint density at radius 2 is 1.19 bits per heavy atom. The number of nitrogens with two attached hydrogens (primary N) is 2. The van der Waals surface area contributed by atoms with E-state index in [4.69, 9.17) is 34.0 Å². The first-order chi connectivity index (χ1) is 24.6. The Morgan fingerprint density at radius 3 is 1.81 bits per heavy atom. The molecule has 6 rings (SSSR count). The van der Waals surface area contributed by atoms with Crippen LogP contribution in [0, 0.1) is 11.6 Å². The molecule has 2 aliphatic rings. The number of carbonyl (C=O) groups excluding carboxylic acids is 2. The summed E-state index contributed by atoms with van der Waals surface area (Å²) >= 11 is 0. The monoisotopic (exact) mass is 754 g/mol. The molecule has 4 aromatic carbocycles. The summed E-state index contributed by atoms with van der Waals surface area (Å²) < 4.78 is 105. The predicted molar refractivity (Wildman–Crippen MR) is 179 cm³/mol. The fourth-order valence-corrected chi connectivity index (χ4v) is 7.65. The summed E-state index contributed by atoms with van der Waals surface area (Å²) in [7, 11) is -7.45. The van der Waals surface area contributed by atoms with Crippen molar-refractivity contribution in [3.63, 3.8) is 0 Å². The van der Waals surface area contributed by atoms with E-state index in [2.05, 4.69) is 0 Å². The lowest BCUT2D eigenvalue weighted by molar-refractivity contribution is -0.123. The SMILES string of the molecule is COc1cc(-c2cccc(CS(=O)(=O)OC3=C(N)OC(c4cc(F)cc(F)c4)C3=O)c2)ccc1C1OC(N)=C(OS(=O)(=O)Cc2ccccc2)C1=O. The van der Waals surface area contributed by atoms with Crippen LogP contribution in [-0.4, -0.2) is 35.5 Å². The Morgan fingerprint density at radius 1 is 0.654 bits per heavy atom. The molecule has 0 saturated heterocycles. The van der Waals surface area contributed by atoms with Crippen LogP contribution in [0.1, 0.15) is 34.5 Å². The molecule has 0 spiro atoms. The minimum absolute atomic E-state index is 0.160. The molecule has 2 heterocycles. The first kappa shape index (κ1) is 35.9. The van der Waals surface area contributed by atoms with Gasteiger partial charge in [-0.2, -0.15) is 16.8 Å². The van der Waals surface area contributed by atoms with Gasteiger partial charge in [-0.1, -0.05) is 60.7 Å². The van der Waals surface area contributed by atoms with Gasteiger partial charge in [-0.3, -0.25) is 9.59 Å². The molecule has 0 amide bonds. The van der Waals surface area contributed by atoms with E-state index in [0.717, 1.165) is 12.1 Å². The number of halogens is 2. The Bertz CT molecular complexity index is 2360. The van der Waals surface area contributed by atoms with Crippen molar-refractivity contribution in [2.24, 2.45) is 11.5 Å². The highest BCUT2D eigenvalue weighted by Crippen LogP contribution is 2.39. The number of benzene rings is 4. The third kappa shape index (κ3) is 7.69. The van der Waals surface area contributed by atoms with Crippen LogP contribution in [0.15, 0.2) is 114 Å². The number of hydrogen-bond acceptors (Lipinski definition) is 13. The fraction of sp³-hybridized carbons (Fsp3) is 0.143. The molecule has 0 saturated carbocycles. The third-order valence-electron chi connectivity index (χ3n) is 7.78. The molecule has 52 heavy (non-hydrogen) atoms. The normalized spacial score (nSPS) is 17.6. The molecule has 17 heteroatoms. The minimum atomic E-state index is -4.52. The van der Waals surface area contributed by atoms with E-state index >= 15 is 0 Å². The van der Waals surface area contributed by atoms with Gasteiger partial charge in [0.1, 0.15) is 28.9 Å². The predicted octanol–water partition coefficient (Wildman–Crippen LogP) is 4.27. The summed E-state index contributed by atoms with van der Waals surface area (Å²) in [5.74, 6) is -7.58. The van der Waals surface area contributed by atoms with Crippen molar-refractivity contribution < 1.29 is 57.8 Å². The molecule has 0 aromatic heterocycles. The molecule has 0 radical (unpaired) electrons. The van der Waals surface area contributed by atoms with Crippen LogP contribution < -0.4 is 16.2 Å². The summed E-state index contributed by atoms with van der Waals surface area (Å²) in [6, 6.07) is 21.4. The van der Waals surface area contributed by atoms with E-state index in [0.29, 0.717) is 22.8 Å². The molecule has 270 valence electrons. The standard InChI is InChI=1S/C35H28F2N2O11S2/c1-46-27-15-22(10-11-26(27)31-29(41)33(35(39)48-31)50-51(42,43)17-19-6-3-2-4-7-19)21-9-5-8-20(12-21)18-52(44,45)49-32-28(40)30(47-34(32)38)23-13-24(36)16-25(37)14-23/h2-16,30-31H,17-18,38-39H2,1H3. The number of hydrogen-bond donors (Lipinski definition) is 2. The molecule has 2 unspecified atom stereocenters. The van der Waals surface area contributed by atoms with Crippen LogP contribution in [0.4, 0.5) is 8.78 Å². The average Bonchev–Trinajstić information content (AvgIpc) is 3.52. The Kier molecular flexibility index (Phi) is 9.65. The topological polar surface area (TPSA) is 201 Å². The van der Waals surface area contributed by atoms with Gasteiger partial charge in [0, 0.05) is 17.2 Å². The van der Waals surface area contributed by atoms with E-state index in [1.54, 1.807) is 54.6 Å². The van der Waals surface area contributed by atoms with E-state index in [1.165, 1.54) is 25.3 Å². The smallest absolute Gasteiger partial charge is 0.313 e. The highest BCUT2D eigenvalue weighted by molar-refractivity contribution is 7.86. The lowest BCUT2D eigenvalue weighted by Crippen LogP contribution is -2.16. The highest BCUT2D eigenvalue weighted by atomic mass is 32.2. The van der Waals surface area contributed by atoms with Crippen molar-refractivity contribution in [2.45, 2.75) is 23.7 Å². The first-order valence-corrected chi connectivity index (χ1v) is 18.3. The molecule has 0 fully saturated rings. The van der Waals surface area contributed by atoms with Gasteiger partial charge in [0.15, 0.2) is 12.2 Å². The van der Waals surface area contributed by atoms with Crippen molar-refractivity contribution in [2.75, 3.05) is 7.11 Å². The molecule has 0 aliphatic carbocycles. The number of ketones is 2. The van der Waals surface area contributed by atoms with E-state index in [-0.39, 0.29) is 22.4 Å². The maximum Gasteiger partial charge on any atom is 0.313 e. The maximum atomic E-state index is 13.7. The van der Waals surface area contributed by atoms with Gasteiger partial charge in [0.25, 0.3) is 0 Å². The second-order valence-corrected chi connectivity index (χ2v) is 14.7. The van der Waals surface area contributed by atoms with Gasteiger partial charge in [0.05, 0.1) is 7.11 Å². The van der Waals surface area contributed by atoms with Crippen LogP contribution in [0.25, 0.3) is 11.1 Å². The van der Waals surface area contributed by atoms with Gasteiger partial charge in [-0.05, 0) is 46.5 Å². The van der Waals surface area contributed by atoms with E-state index in [9.17, 15) is 35.2 Å². The summed E-state index contributed by atoms with van der Waals surface area (Å²) in [6.07, 6.45) is -3.00. The first-order valence-electron chi connectivity index (χ1n) is 15.2. The highest BCUT2D eigenvalue weighted by Gasteiger charge is 2.42. The van der Waals surface area contributed by atoms with Crippen molar-refractivity contribution in [1.82, 2.24) is 0 Å². The molecule has 2 atom stereocenters. The summed E-state index contributed by atoms with van der Waals surface area (Å²) in [4.78, 5) is 26.2. The molecule has 0 bridgehead atoms. The Labute approximate surface area is 296 Å². The van der Waals surface area contributed by atoms with Crippen molar-refractivity contribution in [1.29, 1.82) is 0 Å². The lowest BCUT2D eigenvalue weighted by Gasteiger charge is -2.16. The maximum absolute atomic E-state index is 13.7. The molecule has 4 aromatic rings. The quantitative estimate of drug-likeness (QED) is 0.195. The van der Waals surface area contributed by atoms with Gasteiger partial charge in [-0.15, -0.1) is 0 Å². The van der Waals surface area contributed by atoms with Crippen LogP contribution in [0.2, 0.25) is 0 Å². The summed E-state index contributed by atoms with van der Waals surface area (Å²) in [6.45, 7) is 0. The molecule has 4 N–H and O–H groups in total. The van der Waals surface area contributed by atoms with Crippen LogP contribution in [0.5, 0.6) is 5.75 Å². The zero-order chi connectivity index (χ0) is 37.4. The average molecular weight is 755 g/mol. The summed E-state index contributed by atoms with van der Waals surface area (Å²) in [5.41, 5.74) is 13.3. The zero-order valence-corrected chi connectivity index (χ0v) is 28.6. The zero-order valence-electron chi connectivity index (χ0n) is 26.9. The van der Waals surface area contributed by atoms with Crippen molar-refractivity contribution in [3.8, 4) is 16.9 Å². The van der Waals surface area contributed by atoms with Gasteiger partial charge >= 0.3 is 20.2 Å².